The lowest BCUT2D eigenvalue weighted by Gasteiger charge is -2.27. The van der Waals surface area contributed by atoms with Gasteiger partial charge < -0.3 is 10.2 Å². The van der Waals surface area contributed by atoms with Crippen molar-refractivity contribution in [3.8, 4) is 0 Å². The van der Waals surface area contributed by atoms with Gasteiger partial charge in [-0.2, -0.15) is 0 Å². The second kappa shape index (κ2) is 7.53. The summed E-state index contributed by atoms with van der Waals surface area (Å²) in [5.41, 5.74) is 2.80. The Kier molecular flexibility index (Phi) is 4.48. The van der Waals surface area contributed by atoms with Crippen LogP contribution in [-0.2, 0) is 0 Å². The van der Waals surface area contributed by atoms with Crippen molar-refractivity contribution in [2.45, 2.75) is 0 Å². The van der Waals surface area contributed by atoms with Crippen LogP contribution in [0.3, 0.4) is 0 Å². The minimum atomic E-state index is -0.261. The van der Waals surface area contributed by atoms with Crippen LogP contribution in [0.4, 0.5) is 5.69 Å². The van der Waals surface area contributed by atoms with Crippen LogP contribution in [-0.4, -0.2) is 48.8 Å². The first kappa shape index (κ1) is 19.6. The summed E-state index contributed by atoms with van der Waals surface area (Å²) in [6, 6.07) is 22.8. The van der Waals surface area contributed by atoms with E-state index in [2.05, 4.69) is 5.32 Å². The number of imide groups is 1. The van der Waals surface area contributed by atoms with Gasteiger partial charge in [-0.05, 0) is 35.0 Å². The second-order valence-corrected chi connectivity index (χ2v) is 8.36. The van der Waals surface area contributed by atoms with Crippen LogP contribution in [0, 0.1) is 0 Å². The Morgan fingerprint density at radius 1 is 0.545 bits per heavy atom. The highest BCUT2D eigenvalue weighted by Gasteiger charge is 2.32. The first-order valence-corrected chi connectivity index (χ1v) is 11.1. The molecule has 6 heteroatoms. The van der Waals surface area contributed by atoms with E-state index in [0.29, 0.717) is 30.8 Å². The van der Waals surface area contributed by atoms with Gasteiger partial charge in [0.15, 0.2) is 0 Å². The van der Waals surface area contributed by atoms with Gasteiger partial charge in [-0.1, -0.05) is 48.5 Å². The fourth-order valence-corrected chi connectivity index (χ4v) is 4.99. The molecule has 0 saturated carbocycles. The van der Waals surface area contributed by atoms with Crippen molar-refractivity contribution in [3.63, 3.8) is 0 Å². The average molecular weight is 435 g/mol. The maximum atomic E-state index is 13.0. The smallest absolute Gasteiger partial charge is 0.261 e. The van der Waals surface area contributed by atoms with Crippen LogP contribution >= 0.6 is 0 Å². The number of carbonyl (C=O) groups excluding carboxylic acids is 3. The number of carbonyl (C=O) groups is 3. The maximum Gasteiger partial charge on any atom is 0.261 e. The standard InChI is InChI=1S/C27H21N3O3/c31-25-21-11-3-7-18-8-4-12-22(24(18)21)29(25)15-13-28-14-16-30-26(32)19-9-1-5-17-6-2-10-20(23(17)19)27(30)33/h1-12,28H,13-16H2. The second-order valence-electron chi connectivity index (χ2n) is 8.36. The molecule has 0 aromatic heterocycles. The molecule has 4 aromatic carbocycles. The number of nitrogens with zero attached hydrogens (tertiary/aromatic N) is 2. The first-order valence-electron chi connectivity index (χ1n) is 11.1. The highest BCUT2D eigenvalue weighted by Crippen LogP contribution is 2.36. The van der Waals surface area contributed by atoms with E-state index in [0.717, 1.165) is 32.8 Å². The Balaban J connectivity index is 1.11. The van der Waals surface area contributed by atoms with E-state index in [1.807, 2.05) is 60.7 Å². The molecule has 162 valence electrons. The third-order valence-corrected chi connectivity index (χ3v) is 6.53. The summed E-state index contributed by atoms with van der Waals surface area (Å²) in [5.74, 6) is -0.513. The molecule has 0 saturated heterocycles. The molecule has 0 atom stereocenters. The normalized spacial score (nSPS) is 14.7. The van der Waals surface area contributed by atoms with E-state index in [1.165, 1.54) is 4.90 Å². The first-order chi connectivity index (χ1) is 16.1. The van der Waals surface area contributed by atoms with Crippen LogP contribution in [0.25, 0.3) is 21.5 Å². The van der Waals surface area contributed by atoms with Gasteiger partial charge >= 0.3 is 0 Å². The molecular formula is C27H21N3O3. The maximum absolute atomic E-state index is 13.0. The van der Waals surface area contributed by atoms with Crippen molar-refractivity contribution in [2.24, 2.45) is 0 Å². The Bertz CT molecular complexity index is 1420. The molecule has 33 heavy (non-hydrogen) atoms. The minimum Gasteiger partial charge on any atom is -0.313 e. The van der Waals surface area contributed by atoms with Crippen molar-refractivity contribution >= 4 is 45.0 Å². The van der Waals surface area contributed by atoms with Gasteiger partial charge in [-0.15, -0.1) is 0 Å². The zero-order chi connectivity index (χ0) is 22.5. The molecular weight excluding hydrogens is 414 g/mol. The monoisotopic (exact) mass is 435 g/mol. The van der Waals surface area contributed by atoms with Gasteiger partial charge in [0.25, 0.3) is 17.7 Å². The predicted octanol–water partition coefficient (Wildman–Crippen LogP) is 3.84. The SMILES string of the molecule is O=C1c2cccc3cccc(c23)C(=O)N1CCNCCN1C(=O)c2cccc3cccc1c23. The van der Waals surface area contributed by atoms with Crippen molar-refractivity contribution in [1.82, 2.24) is 10.2 Å². The Labute approximate surface area is 190 Å². The minimum absolute atomic E-state index is 0.00897. The quantitative estimate of drug-likeness (QED) is 0.369. The van der Waals surface area contributed by atoms with Gasteiger partial charge in [0.1, 0.15) is 0 Å². The predicted molar refractivity (Wildman–Crippen MR) is 128 cm³/mol. The third-order valence-electron chi connectivity index (χ3n) is 6.53. The average Bonchev–Trinajstić information content (AvgIpc) is 3.12. The van der Waals surface area contributed by atoms with E-state index in [4.69, 9.17) is 0 Å². The van der Waals surface area contributed by atoms with Gasteiger partial charge in [0, 0.05) is 53.6 Å². The van der Waals surface area contributed by atoms with Crippen molar-refractivity contribution in [1.29, 1.82) is 0 Å². The summed E-state index contributed by atoms with van der Waals surface area (Å²) in [6.45, 7) is 1.79. The lowest BCUT2D eigenvalue weighted by Crippen LogP contribution is -2.44. The lowest BCUT2D eigenvalue weighted by molar-refractivity contribution is 0.0612. The topological polar surface area (TPSA) is 69.7 Å². The fraction of sp³-hybridized carbons (Fsp3) is 0.148. The van der Waals surface area contributed by atoms with E-state index in [9.17, 15) is 14.4 Å². The molecule has 0 fully saturated rings. The fourth-order valence-electron chi connectivity index (χ4n) is 4.99. The highest BCUT2D eigenvalue weighted by molar-refractivity contribution is 6.26. The molecule has 1 N–H and O–H groups in total. The molecule has 0 aliphatic carbocycles. The number of benzene rings is 4. The Morgan fingerprint density at radius 3 is 1.61 bits per heavy atom. The number of amides is 3. The molecule has 2 aliphatic rings. The van der Waals surface area contributed by atoms with Gasteiger partial charge in [-0.25, -0.2) is 0 Å². The molecule has 0 radical (unpaired) electrons. The zero-order valence-corrected chi connectivity index (χ0v) is 17.9. The molecule has 2 heterocycles. The third kappa shape index (κ3) is 2.95. The Hall–Kier alpha value is -4.03. The van der Waals surface area contributed by atoms with Crippen LogP contribution in [0.5, 0.6) is 0 Å². The summed E-state index contributed by atoms with van der Waals surface area (Å²) < 4.78 is 0. The van der Waals surface area contributed by atoms with Crippen molar-refractivity contribution in [3.05, 3.63) is 89.5 Å². The van der Waals surface area contributed by atoms with E-state index in [-0.39, 0.29) is 24.3 Å². The summed E-state index contributed by atoms with van der Waals surface area (Å²) in [7, 11) is 0. The molecule has 4 aromatic rings. The van der Waals surface area contributed by atoms with Gasteiger partial charge in [-0.3, -0.25) is 19.3 Å². The number of hydrogen-bond donors (Lipinski definition) is 1. The highest BCUT2D eigenvalue weighted by atomic mass is 16.2. The molecule has 6 rings (SSSR count). The van der Waals surface area contributed by atoms with Gasteiger partial charge in [0.05, 0.1) is 5.69 Å². The molecule has 0 bridgehead atoms. The van der Waals surface area contributed by atoms with E-state index < -0.39 is 0 Å². The van der Waals surface area contributed by atoms with Crippen molar-refractivity contribution in [2.75, 3.05) is 31.1 Å². The van der Waals surface area contributed by atoms with Crippen LogP contribution < -0.4 is 10.2 Å². The molecule has 0 spiro atoms. The van der Waals surface area contributed by atoms with Gasteiger partial charge in [0.2, 0.25) is 0 Å². The van der Waals surface area contributed by atoms with Crippen molar-refractivity contribution < 1.29 is 14.4 Å². The molecule has 0 unspecified atom stereocenters. The zero-order valence-electron chi connectivity index (χ0n) is 17.9. The van der Waals surface area contributed by atoms with E-state index in [1.54, 1.807) is 17.0 Å². The van der Waals surface area contributed by atoms with Crippen LogP contribution in [0.2, 0.25) is 0 Å². The molecule has 2 aliphatic heterocycles. The van der Waals surface area contributed by atoms with Crippen LogP contribution in [0.15, 0.2) is 72.8 Å². The number of nitrogens with one attached hydrogen (secondary N) is 1. The summed E-state index contributed by atoms with van der Waals surface area (Å²) in [4.78, 5) is 42.0. The summed E-state index contributed by atoms with van der Waals surface area (Å²) in [5, 5.41) is 6.99. The largest absolute Gasteiger partial charge is 0.313 e. The number of hydrogen-bond acceptors (Lipinski definition) is 4. The lowest BCUT2D eigenvalue weighted by atomic mass is 9.94. The van der Waals surface area contributed by atoms with Crippen LogP contribution in [0.1, 0.15) is 31.1 Å². The number of anilines is 1. The molecule has 6 nitrogen and oxygen atoms in total. The summed E-state index contributed by atoms with van der Waals surface area (Å²) >= 11 is 0. The van der Waals surface area contributed by atoms with E-state index >= 15 is 0 Å². The number of rotatable bonds is 6. The summed E-state index contributed by atoms with van der Waals surface area (Å²) in [6.07, 6.45) is 0. The Morgan fingerprint density at radius 2 is 1.00 bits per heavy atom. The molecule has 3 amide bonds.